The molecule has 0 atom stereocenters. The van der Waals surface area contributed by atoms with Crippen LogP contribution in [0.5, 0.6) is 0 Å². The average Bonchev–Trinajstić information content (AvgIpc) is 2.54. The number of hydrogen-bond donors (Lipinski definition) is 1. The largest absolute Gasteiger partial charge is 0.399 e. The zero-order valence-corrected chi connectivity index (χ0v) is 14.5. The van der Waals surface area contributed by atoms with Gasteiger partial charge in [0.05, 0.1) is 21.9 Å². The number of oxime groups is 1. The average molecular weight is 359 g/mol. The number of piperidine rings is 1. The minimum absolute atomic E-state index is 0.0563. The van der Waals surface area contributed by atoms with Crippen molar-refractivity contribution in [3.05, 3.63) is 33.8 Å². The molecule has 23 heavy (non-hydrogen) atoms. The molecule has 1 aliphatic rings. The fourth-order valence-corrected chi connectivity index (χ4v) is 2.83. The van der Waals surface area contributed by atoms with E-state index in [9.17, 15) is 9.90 Å². The van der Waals surface area contributed by atoms with Crippen LogP contribution in [0.1, 0.15) is 31.2 Å². The molecule has 1 aromatic rings. The quantitative estimate of drug-likeness (QED) is 0.649. The van der Waals surface area contributed by atoms with Crippen molar-refractivity contribution in [1.82, 2.24) is 4.90 Å². The monoisotopic (exact) mass is 358 g/mol. The Bertz CT molecular complexity index is 585. The maximum atomic E-state index is 12.3. The summed E-state index contributed by atoms with van der Waals surface area (Å²) in [4.78, 5) is 18.9. The van der Waals surface area contributed by atoms with E-state index in [0.717, 1.165) is 5.56 Å². The minimum atomic E-state index is -0.291. The Kier molecular flexibility index (Phi) is 6.69. The Morgan fingerprint density at radius 3 is 2.61 bits per heavy atom. The highest BCUT2D eigenvalue weighted by atomic mass is 35.5. The van der Waals surface area contributed by atoms with E-state index in [1.807, 2.05) is 0 Å². The number of carbonyl (C=O) groups is 1. The van der Waals surface area contributed by atoms with Crippen molar-refractivity contribution in [1.29, 1.82) is 0 Å². The van der Waals surface area contributed by atoms with E-state index in [-0.39, 0.29) is 12.0 Å². The lowest BCUT2D eigenvalue weighted by atomic mass is 10.0. The van der Waals surface area contributed by atoms with Crippen molar-refractivity contribution in [3.8, 4) is 0 Å². The second kappa shape index (κ2) is 8.52. The maximum absolute atomic E-state index is 12.3. The molecular formula is C16H20Cl2N2O3. The maximum Gasteiger partial charge on any atom is 0.222 e. The zero-order chi connectivity index (χ0) is 16.8. The molecule has 7 heteroatoms. The molecule has 1 N–H and O–H groups in total. The lowest BCUT2D eigenvalue weighted by molar-refractivity contribution is -0.133. The highest BCUT2D eigenvalue weighted by Gasteiger charge is 2.21. The van der Waals surface area contributed by atoms with Crippen LogP contribution >= 0.6 is 23.2 Å². The molecule has 0 spiro atoms. The molecule has 1 amide bonds. The molecule has 1 fully saturated rings. The number of aliphatic hydroxyl groups is 1. The van der Waals surface area contributed by atoms with Crippen LogP contribution in [0.25, 0.3) is 0 Å². The van der Waals surface area contributed by atoms with Crippen molar-refractivity contribution >= 4 is 34.8 Å². The van der Waals surface area contributed by atoms with E-state index >= 15 is 0 Å². The first-order valence-electron chi connectivity index (χ1n) is 7.52. The fourth-order valence-electron chi connectivity index (χ4n) is 2.53. The molecule has 1 aromatic carbocycles. The molecule has 1 heterocycles. The van der Waals surface area contributed by atoms with Crippen molar-refractivity contribution < 1.29 is 14.7 Å². The molecule has 2 rings (SSSR count). The third-order valence-electron chi connectivity index (χ3n) is 3.85. The molecule has 1 aliphatic heterocycles. The summed E-state index contributed by atoms with van der Waals surface area (Å²) in [7, 11) is 1.46. The third kappa shape index (κ3) is 5.09. The summed E-state index contributed by atoms with van der Waals surface area (Å²) in [6.45, 7) is 1.20. The summed E-state index contributed by atoms with van der Waals surface area (Å²) in [5, 5.41) is 14.4. The summed E-state index contributed by atoms with van der Waals surface area (Å²) < 4.78 is 0. The van der Waals surface area contributed by atoms with E-state index < -0.39 is 0 Å². The second-order valence-electron chi connectivity index (χ2n) is 5.46. The predicted octanol–water partition coefficient (Wildman–Crippen LogP) is 3.11. The van der Waals surface area contributed by atoms with Crippen LogP contribution < -0.4 is 0 Å². The van der Waals surface area contributed by atoms with Crippen molar-refractivity contribution in [2.24, 2.45) is 5.16 Å². The van der Waals surface area contributed by atoms with Crippen LogP contribution in [0.3, 0.4) is 0 Å². The Balaban J connectivity index is 1.98. The van der Waals surface area contributed by atoms with Gasteiger partial charge >= 0.3 is 0 Å². The number of nitrogens with zero attached hydrogens (tertiary/aromatic N) is 2. The molecule has 0 bridgehead atoms. The van der Waals surface area contributed by atoms with Gasteiger partial charge in [-0.25, -0.2) is 0 Å². The molecule has 1 saturated heterocycles. The van der Waals surface area contributed by atoms with Gasteiger partial charge in [-0.2, -0.15) is 0 Å². The summed E-state index contributed by atoms with van der Waals surface area (Å²) in [6.07, 6.45) is 1.76. The van der Waals surface area contributed by atoms with E-state index in [4.69, 9.17) is 28.0 Å². The Morgan fingerprint density at radius 1 is 1.30 bits per heavy atom. The minimum Gasteiger partial charge on any atom is -0.399 e. The molecule has 0 radical (unpaired) electrons. The van der Waals surface area contributed by atoms with Crippen LogP contribution in [0.2, 0.25) is 10.0 Å². The van der Waals surface area contributed by atoms with E-state index in [0.29, 0.717) is 54.5 Å². The Hall–Kier alpha value is -1.30. The molecule has 5 nitrogen and oxygen atoms in total. The molecule has 0 aliphatic carbocycles. The Labute approximate surface area is 145 Å². The number of aliphatic hydroxyl groups excluding tert-OH is 1. The zero-order valence-electron chi connectivity index (χ0n) is 13.0. The van der Waals surface area contributed by atoms with Gasteiger partial charge in [-0.1, -0.05) is 34.4 Å². The first-order valence-corrected chi connectivity index (χ1v) is 8.28. The topological polar surface area (TPSA) is 62.1 Å². The fraction of sp³-hybridized carbons (Fsp3) is 0.500. The lowest BCUT2D eigenvalue weighted by Gasteiger charge is -2.29. The highest BCUT2D eigenvalue weighted by Crippen LogP contribution is 2.24. The van der Waals surface area contributed by atoms with Crippen molar-refractivity contribution in [2.45, 2.75) is 31.8 Å². The molecule has 0 aromatic heterocycles. The van der Waals surface area contributed by atoms with Gasteiger partial charge in [0.2, 0.25) is 5.91 Å². The Morgan fingerprint density at radius 2 is 2.00 bits per heavy atom. The number of benzene rings is 1. The summed E-state index contributed by atoms with van der Waals surface area (Å²) in [5.74, 6) is 0.0563. The van der Waals surface area contributed by atoms with Crippen LogP contribution in [-0.2, 0) is 9.63 Å². The van der Waals surface area contributed by atoms with Crippen LogP contribution in [-0.4, -0.2) is 47.9 Å². The van der Waals surface area contributed by atoms with Crippen LogP contribution in [0, 0.1) is 0 Å². The second-order valence-corrected chi connectivity index (χ2v) is 6.28. The highest BCUT2D eigenvalue weighted by molar-refractivity contribution is 6.42. The lowest BCUT2D eigenvalue weighted by Crippen LogP contribution is -2.40. The van der Waals surface area contributed by atoms with Gasteiger partial charge in [0.15, 0.2) is 0 Å². The normalized spacial score (nSPS) is 16.5. The predicted molar refractivity (Wildman–Crippen MR) is 91.1 cm³/mol. The molecule has 0 saturated carbocycles. The first kappa shape index (κ1) is 18.0. The van der Waals surface area contributed by atoms with Gasteiger partial charge in [0, 0.05) is 31.5 Å². The standard InChI is InChI=1S/C16H20Cl2N2O3/c1-23-19-15(11-2-3-13(17)14(18)10-11)4-5-16(22)20-8-6-12(21)7-9-20/h2-3,10,12,21H,4-9H2,1H3/b19-15-. The van der Waals surface area contributed by atoms with Gasteiger partial charge in [-0.3, -0.25) is 4.79 Å². The van der Waals surface area contributed by atoms with Crippen LogP contribution in [0.4, 0.5) is 0 Å². The summed E-state index contributed by atoms with van der Waals surface area (Å²) in [5.41, 5.74) is 1.43. The SMILES string of the molecule is CO/N=C(/CCC(=O)N1CCC(O)CC1)c1ccc(Cl)c(Cl)c1. The number of likely N-dealkylation sites (tertiary alicyclic amines) is 1. The number of carbonyl (C=O) groups excluding carboxylic acids is 1. The smallest absolute Gasteiger partial charge is 0.222 e. The summed E-state index contributed by atoms with van der Waals surface area (Å²) >= 11 is 11.9. The van der Waals surface area contributed by atoms with Crippen molar-refractivity contribution in [3.63, 3.8) is 0 Å². The first-order chi connectivity index (χ1) is 11.0. The number of halogens is 2. The van der Waals surface area contributed by atoms with E-state index in [2.05, 4.69) is 5.16 Å². The van der Waals surface area contributed by atoms with Gasteiger partial charge in [0.25, 0.3) is 0 Å². The number of amides is 1. The molecule has 126 valence electrons. The summed E-state index contributed by atoms with van der Waals surface area (Å²) in [6, 6.07) is 5.20. The van der Waals surface area contributed by atoms with E-state index in [1.54, 1.807) is 23.1 Å². The van der Waals surface area contributed by atoms with Gasteiger partial charge in [0.1, 0.15) is 7.11 Å². The van der Waals surface area contributed by atoms with Gasteiger partial charge in [-0.15, -0.1) is 0 Å². The number of hydrogen-bond acceptors (Lipinski definition) is 4. The molecule has 0 unspecified atom stereocenters. The molecular weight excluding hydrogens is 339 g/mol. The van der Waals surface area contributed by atoms with Crippen LogP contribution in [0.15, 0.2) is 23.4 Å². The van der Waals surface area contributed by atoms with Crippen molar-refractivity contribution in [2.75, 3.05) is 20.2 Å². The third-order valence-corrected chi connectivity index (χ3v) is 4.59. The van der Waals surface area contributed by atoms with Gasteiger partial charge in [-0.05, 0) is 25.0 Å². The van der Waals surface area contributed by atoms with E-state index in [1.165, 1.54) is 7.11 Å². The van der Waals surface area contributed by atoms with Gasteiger partial charge < -0.3 is 14.8 Å². The number of rotatable bonds is 5.